The second kappa shape index (κ2) is 12.1. The standard InChI is InChI=1S/C31H30N2O2S/c1-3-20-32(31(35)28-17-15-27(16-18-28)26-12-8-5-9-13-26)23-30(34)33(21-25-10-6-4-7-11-25)22-29-19-14-24(2)36-29/h3-19H,1,20-23H2,2H3. The third-order valence-corrected chi connectivity index (χ3v) is 6.90. The lowest BCUT2D eigenvalue weighted by atomic mass is 10.0. The third kappa shape index (κ3) is 6.58. The highest BCUT2D eigenvalue weighted by atomic mass is 32.1. The van der Waals surface area contributed by atoms with Gasteiger partial charge < -0.3 is 9.80 Å². The van der Waals surface area contributed by atoms with E-state index < -0.39 is 0 Å². The molecular formula is C31H30N2O2S. The number of hydrogen-bond acceptors (Lipinski definition) is 3. The molecule has 0 spiro atoms. The zero-order valence-electron chi connectivity index (χ0n) is 20.5. The van der Waals surface area contributed by atoms with E-state index in [1.54, 1.807) is 22.3 Å². The van der Waals surface area contributed by atoms with Crippen LogP contribution in [0.1, 0.15) is 25.7 Å². The molecule has 0 aliphatic carbocycles. The van der Waals surface area contributed by atoms with Gasteiger partial charge in [-0.3, -0.25) is 9.59 Å². The Hall–Kier alpha value is -3.96. The number of rotatable bonds is 10. The molecule has 4 aromatic rings. The Morgan fingerprint density at radius 2 is 1.42 bits per heavy atom. The summed E-state index contributed by atoms with van der Waals surface area (Å²) in [4.78, 5) is 32.6. The minimum Gasteiger partial charge on any atom is -0.332 e. The maximum absolute atomic E-state index is 13.5. The van der Waals surface area contributed by atoms with Gasteiger partial charge in [-0.25, -0.2) is 0 Å². The van der Waals surface area contributed by atoms with Crippen molar-refractivity contribution in [3.05, 3.63) is 131 Å². The molecule has 2 amide bonds. The molecule has 0 atom stereocenters. The van der Waals surface area contributed by atoms with E-state index in [1.165, 1.54) is 4.88 Å². The van der Waals surface area contributed by atoms with E-state index >= 15 is 0 Å². The van der Waals surface area contributed by atoms with Crippen LogP contribution in [-0.2, 0) is 17.9 Å². The molecule has 0 aliphatic rings. The maximum atomic E-state index is 13.5. The lowest BCUT2D eigenvalue weighted by molar-refractivity contribution is -0.133. The Morgan fingerprint density at radius 1 is 0.778 bits per heavy atom. The first-order valence-corrected chi connectivity index (χ1v) is 12.8. The van der Waals surface area contributed by atoms with Gasteiger partial charge in [0, 0.05) is 28.4 Å². The quantitative estimate of drug-likeness (QED) is 0.234. The molecule has 1 heterocycles. The zero-order chi connectivity index (χ0) is 25.3. The highest BCUT2D eigenvalue weighted by Crippen LogP contribution is 2.21. The molecule has 3 aromatic carbocycles. The predicted molar refractivity (Wildman–Crippen MR) is 148 cm³/mol. The molecule has 0 bridgehead atoms. The Bertz CT molecular complexity index is 1300. The molecule has 5 heteroatoms. The Morgan fingerprint density at radius 3 is 2.03 bits per heavy atom. The maximum Gasteiger partial charge on any atom is 0.254 e. The van der Waals surface area contributed by atoms with E-state index in [1.807, 2.05) is 89.8 Å². The Balaban J connectivity index is 1.51. The van der Waals surface area contributed by atoms with Gasteiger partial charge in [0.05, 0.1) is 6.54 Å². The highest BCUT2D eigenvalue weighted by Gasteiger charge is 2.22. The van der Waals surface area contributed by atoms with E-state index in [0.717, 1.165) is 21.6 Å². The molecule has 0 fully saturated rings. The SMILES string of the molecule is C=CCN(CC(=O)N(Cc1ccccc1)Cc1ccc(C)s1)C(=O)c1ccc(-c2ccccc2)cc1. The number of benzene rings is 3. The second-order valence-electron chi connectivity index (χ2n) is 8.67. The Kier molecular flexibility index (Phi) is 8.48. The highest BCUT2D eigenvalue weighted by molar-refractivity contribution is 7.11. The summed E-state index contributed by atoms with van der Waals surface area (Å²) in [5.74, 6) is -0.282. The molecule has 4 rings (SSSR count). The average Bonchev–Trinajstić information content (AvgIpc) is 3.33. The summed E-state index contributed by atoms with van der Waals surface area (Å²) in [5.41, 5.74) is 3.74. The third-order valence-electron chi connectivity index (χ3n) is 5.91. The first-order valence-electron chi connectivity index (χ1n) is 12.0. The average molecular weight is 495 g/mol. The van der Waals surface area contributed by atoms with Gasteiger partial charge in [0.15, 0.2) is 0 Å². The van der Waals surface area contributed by atoms with E-state index in [0.29, 0.717) is 25.2 Å². The van der Waals surface area contributed by atoms with Gasteiger partial charge in [-0.2, -0.15) is 0 Å². The van der Waals surface area contributed by atoms with Gasteiger partial charge in [-0.15, -0.1) is 17.9 Å². The number of amides is 2. The van der Waals surface area contributed by atoms with Crippen molar-refractivity contribution in [2.45, 2.75) is 20.0 Å². The number of hydrogen-bond donors (Lipinski definition) is 0. The zero-order valence-corrected chi connectivity index (χ0v) is 21.3. The minimum absolute atomic E-state index is 0.0114. The van der Waals surface area contributed by atoms with Gasteiger partial charge >= 0.3 is 0 Å². The van der Waals surface area contributed by atoms with Crippen LogP contribution in [0.25, 0.3) is 11.1 Å². The first-order chi connectivity index (χ1) is 17.5. The molecule has 4 nitrogen and oxygen atoms in total. The number of thiophene rings is 1. The van der Waals surface area contributed by atoms with Crippen molar-refractivity contribution >= 4 is 23.2 Å². The summed E-state index contributed by atoms with van der Waals surface area (Å²) in [6.07, 6.45) is 1.66. The molecule has 36 heavy (non-hydrogen) atoms. The molecule has 0 saturated heterocycles. The number of nitrogens with zero attached hydrogens (tertiary/aromatic N) is 2. The van der Waals surface area contributed by atoms with Crippen molar-refractivity contribution < 1.29 is 9.59 Å². The topological polar surface area (TPSA) is 40.6 Å². The van der Waals surface area contributed by atoms with Crippen LogP contribution in [-0.4, -0.2) is 34.7 Å². The fraction of sp³-hybridized carbons (Fsp3) is 0.161. The molecule has 0 aliphatic heterocycles. The molecule has 0 N–H and O–H groups in total. The fourth-order valence-corrected chi connectivity index (χ4v) is 4.96. The predicted octanol–water partition coefficient (Wildman–Crippen LogP) is 6.58. The smallest absolute Gasteiger partial charge is 0.254 e. The second-order valence-corrected chi connectivity index (χ2v) is 10.0. The summed E-state index contributed by atoms with van der Waals surface area (Å²) in [6, 6.07) is 31.6. The summed E-state index contributed by atoms with van der Waals surface area (Å²) in [5, 5.41) is 0. The number of carbonyl (C=O) groups is 2. The molecule has 0 radical (unpaired) electrons. The van der Waals surface area contributed by atoms with E-state index in [4.69, 9.17) is 0 Å². The summed E-state index contributed by atoms with van der Waals surface area (Å²) < 4.78 is 0. The van der Waals surface area contributed by atoms with Crippen molar-refractivity contribution in [1.29, 1.82) is 0 Å². The van der Waals surface area contributed by atoms with Crippen LogP contribution in [0.5, 0.6) is 0 Å². The van der Waals surface area contributed by atoms with Crippen molar-refractivity contribution in [2.24, 2.45) is 0 Å². The van der Waals surface area contributed by atoms with E-state index in [9.17, 15) is 9.59 Å². The van der Waals surface area contributed by atoms with Gasteiger partial charge in [-0.1, -0.05) is 78.9 Å². The monoisotopic (exact) mass is 494 g/mol. The summed E-state index contributed by atoms with van der Waals surface area (Å²) >= 11 is 1.69. The van der Waals surface area contributed by atoms with Gasteiger partial charge in [-0.05, 0) is 47.9 Å². The van der Waals surface area contributed by atoms with E-state index in [-0.39, 0.29) is 18.4 Å². The van der Waals surface area contributed by atoms with Crippen molar-refractivity contribution in [3.63, 3.8) is 0 Å². The normalized spacial score (nSPS) is 10.6. The van der Waals surface area contributed by atoms with Crippen LogP contribution in [0.15, 0.2) is 110 Å². The molecule has 0 unspecified atom stereocenters. The molecule has 182 valence electrons. The van der Waals surface area contributed by atoms with Crippen LogP contribution in [0, 0.1) is 6.92 Å². The van der Waals surface area contributed by atoms with Gasteiger partial charge in [0.2, 0.25) is 5.91 Å². The number of carbonyl (C=O) groups excluding carboxylic acids is 2. The van der Waals surface area contributed by atoms with Gasteiger partial charge in [0.1, 0.15) is 6.54 Å². The van der Waals surface area contributed by atoms with Crippen LogP contribution in [0.4, 0.5) is 0 Å². The van der Waals surface area contributed by atoms with Crippen LogP contribution in [0.2, 0.25) is 0 Å². The number of aryl methyl sites for hydroxylation is 1. The molecular weight excluding hydrogens is 464 g/mol. The fourth-order valence-electron chi connectivity index (χ4n) is 4.05. The van der Waals surface area contributed by atoms with Crippen LogP contribution in [0.3, 0.4) is 0 Å². The summed E-state index contributed by atoms with van der Waals surface area (Å²) in [6.45, 7) is 7.14. The molecule has 1 aromatic heterocycles. The minimum atomic E-state index is -0.186. The lowest BCUT2D eigenvalue weighted by Gasteiger charge is -2.27. The first kappa shape index (κ1) is 25.1. The van der Waals surface area contributed by atoms with Gasteiger partial charge in [0.25, 0.3) is 5.91 Å². The van der Waals surface area contributed by atoms with Crippen LogP contribution >= 0.6 is 11.3 Å². The summed E-state index contributed by atoms with van der Waals surface area (Å²) in [7, 11) is 0. The largest absolute Gasteiger partial charge is 0.332 e. The van der Waals surface area contributed by atoms with Crippen LogP contribution < -0.4 is 0 Å². The van der Waals surface area contributed by atoms with Crippen molar-refractivity contribution in [1.82, 2.24) is 9.80 Å². The lowest BCUT2D eigenvalue weighted by Crippen LogP contribution is -2.42. The molecule has 0 saturated carbocycles. The van der Waals surface area contributed by atoms with Crippen molar-refractivity contribution in [3.8, 4) is 11.1 Å². The Labute approximate surface area is 217 Å². The van der Waals surface area contributed by atoms with Crippen molar-refractivity contribution in [2.75, 3.05) is 13.1 Å². The van der Waals surface area contributed by atoms with E-state index in [2.05, 4.69) is 25.6 Å².